The second-order valence-corrected chi connectivity index (χ2v) is 12.0. The summed E-state index contributed by atoms with van der Waals surface area (Å²) in [7, 11) is 9.18. The Labute approximate surface area is 275 Å². The number of amides is 2. The van der Waals surface area contributed by atoms with E-state index in [-0.39, 0.29) is 17.9 Å². The molecule has 0 radical (unpaired) electrons. The van der Waals surface area contributed by atoms with Gasteiger partial charge in [0.1, 0.15) is 22.8 Å². The van der Waals surface area contributed by atoms with E-state index >= 15 is 0 Å². The molecule has 248 valence electrons. The molecule has 2 aromatic heterocycles. The first kappa shape index (κ1) is 33.3. The number of aromatic nitrogens is 3. The lowest BCUT2D eigenvalue weighted by atomic mass is 9.95. The molecule has 1 fully saturated rings. The maximum atomic E-state index is 13.7. The second-order valence-electron chi connectivity index (χ2n) is 12.0. The van der Waals surface area contributed by atoms with Crippen molar-refractivity contribution in [3.05, 3.63) is 67.0 Å². The van der Waals surface area contributed by atoms with Crippen molar-refractivity contribution in [2.24, 2.45) is 0 Å². The number of rotatable bonds is 13. The molecule has 1 saturated carbocycles. The van der Waals surface area contributed by atoms with Gasteiger partial charge in [0, 0.05) is 55.6 Å². The van der Waals surface area contributed by atoms with Gasteiger partial charge >= 0.3 is 0 Å². The van der Waals surface area contributed by atoms with E-state index in [0.717, 1.165) is 49.8 Å². The van der Waals surface area contributed by atoms with Crippen LogP contribution in [0.4, 0.5) is 28.7 Å². The van der Waals surface area contributed by atoms with Crippen LogP contribution in [0.25, 0.3) is 11.0 Å². The fraction of sp³-hybridized carbons (Fsp3) is 0.371. The predicted octanol–water partition coefficient (Wildman–Crippen LogP) is 6.07. The topological polar surface area (TPSA) is 126 Å². The van der Waals surface area contributed by atoms with Crippen LogP contribution in [0.15, 0.2) is 61.3 Å². The van der Waals surface area contributed by atoms with Crippen molar-refractivity contribution in [2.75, 3.05) is 69.3 Å². The van der Waals surface area contributed by atoms with Gasteiger partial charge in [0.2, 0.25) is 11.9 Å². The molecular formula is C35H44N8O4. The zero-order chi connectivity index (χ0) is 33.5. The summed E-state index contributed by atoms with van der Waals surface area (Å²) in [5.74, 6) is 0.993. The van der Waals surface area contributed by atoms with Crippen LogP contribution in [0.2, 0.25) is 0 Å². The third-order valence-electron chi connectivity index (χ3n) is 8.38. The van der Waals surface area contributed by atoms with Crippen LogP contribution < -0.4 is 30.3 Å². The Balaban J connectivity index is 1.52. The lowest BCUT2D eigenvalue weighted by molar-refractivity contribution is -0.111. The summed E-state index contributed by atoms with van der Waals surface area (Å²) >= 11 is 0. The van der Waals surface area contributed by atoms with Crippen LogP contribution in [0.3, 0.4) is 0 Å². The van der Waals surface area contributed by atoms with Crippen LogP contribution >= 0.6 is 0 Å². The van der Waals surface area contributed by atoms with Gasteiger partial charge in [0.25, 0.3) is 5.91 Å². The molecule has 0 spiro atoms. The van der Waals surface area contributed by atoms with E-state index in [0.29, 0.717) is 45.9 Å². The molecule has 1 aliphatic carbocycles. The van der Waals surface area contributed by atoms with E-state index in [1.807, 2.05) is 57.5 Å². The normalized spacial score (nSPS) is 13.3. The van der Waals surface area contributed by atoms with Gasteiger partial charge in [-0.25, -0.2) is 4.98 Å². The highest BCUT2D eigenvalue weighted by Gasteiger charge is 2.25. The quantitative estimate of drug-likeness (QED) is 0.149. The van der Waals surface area contributed by atoms with Gasteiger partial charge in [0.15, 0.2) is 0 Å². The highest BCUT2D eigenvalue weighted by Crippen LogP contribution is 2.39. The number of nitrogens with one attached hydrogen (secondary N) is 3. The van der Waals surface area contributed by atoms with Gasteiger partial charge in [-0.05, 0) is 57.3 Å². The average molecular weight is 641 g/mol. The molecule has 2 aromatic carbocycles. The maximum absolute atomic E-state index is 13.7. The van der Waals surface area contributed by atoms with Crippen LogP contribution in [0.1, 0.15) is 48.6 Å². The number of nitrogens with zero attached hydrogens (tertiary/aromatic N) is 5. The number of anilines is 5. The van der Waals surface area contributed by atoms with E-state index < -0.39 is 0 Å². The number of hydrogen-bond donors (Lipinski definition) is 3. The molecule has 5 rings (SSSR count). The van der Waals surface area contributed by atoms with Crippen molar-refractivity contribution in [2.45, 2.75) is 38.1 Å². The van der Waals surface area contributed by atoms with Crippen LogP contribution in [-0.4, -0.2) is 79.7 Å². The van der Waals surface area contributed by atoms with E-state index in [1.54, 1.807) is 26.5 Å². The molecule has 2 heterocycles. The van der Waals surface area contributed by atoms with E-state index in [2.05, 4.69) is 41.9 Å². The Hall–Kier alpha value is -5.10. The van der Waals surface area contributed by atoms with Crippen LogP contribution in [0.5, 0.6) is 11.5 Å². The average Bonchev–Trinajstić information content (AvgIpc) is 3.46. The van der Waals surface area contributed by atoms with Crippen molar-refractivity contribution in [3.63, 3.8) is 0 Å². The molecule has 0 unspecified atom stereocenters. The molecule has 0 atom stereocenters. The lowest BCUT2D eigenvalue weighted by Crippen LogP contribution is -2.29. The summed E-state index contributed by atoms with van der Waals surface area (Å²) in [5.41, 5.74) is 3.79. The fourth-order valence-corrected chi connectivity index (χ4v) is 5.87. The van der Waals surface area contributed by atoms with Gasteiger partial charge in [-0.3, -0.25) is 9.59 Å². The summed E-state index contributed by atoms with van der Waals surface area (Å²) in [6, 6.07) is 13.0. The summed E-state index contributed by atoms with van der Waals surface area (Å²) in [5, 5.41) is 10.0. The minimum absolute atomic E-state index is 0.127. The number of likely N-dealkylation sites (N-methyl/N-ethyl adjacent to an activating group) is 2. The van der Waals surface area contributed by atoms with Gasteiger partial charge in [-0.15, -0.1) is 0 Å². The molecule has 0 bridgehead atoms. The van der Waals surface area contributed by atoms with Crippen molar-refractivity contribution in [3.8, 4) is 11.5 Å². The zero-order valence-electron chi connectivity index (χ0n) is 27.8. The van der Waals surface area contributed by atoms with Crippen LogP contribution in [-0.2, 0) is 4.79 Å². The van der Waals surface area contributed by atoms with Crippen LogP contribution in [0, 0.1) is 0 Å². The first-order chi connectivity index (χ1) is 22.7. The zero-order valence-corrected chi connectivity index (χ0v) is 27.8. The van der Waals surface area contributed by atoms with Gasteiger partial charge in [-0.1, -0.05) is 31.9 Å². The largest absolute Gasteiger partial charge is 0.497 e. The number of benzene rings is 2. The number of hydrogen-bond acceptors (Lipinski definition) is 9. The molecule has 3 N–H and O–H groups in total. The third kappa shape index (κ3) is 7.83. The first-order valence-electron chi connectivity index (χ1n) is 15.8. The number of carbonyl (C=O) groups excluding carboxylic acids is 2. The lowest BCUT2D eigenvalue weighted by Gasteiger charge is -2.26. The molecule has 2 amide bonds. The molecule has 12 nitrogen and oxygen atoms in total. The molecule has 0 saturated heterocycles. The van der Waals surface area contributed by atoms with E-state index in [1.165, 1.54) is 12.5 Å². The van der Waals surface area contributed by atoms with Crippen molar-refractivity contribution in [1.82, 2.24) is 19.4 Å². The number of carbonyl (C=O) groups is 2. The third-order valence-corrected chi connectivity index (χ3v) is 8.38. The standard InChI is InChI=1S/C35H44N8O4/c1-7-32(44)38-27-20-28(31(47-6)21-29(27)42(4)17-16-41(2)3)39-35-36-22-23-18-30(34(45)37-24-12-11-15-26(19-24)46-5)43(33(23)40-35)25-13-9-8-10-14-25/h7,11-12,15,18-22,25H,1,8-10,13-14,16-17H2,2-6H3,(H,37,45)(H,38,44)(H,36,39,40). The van der Waals surface area contributed by atoms with E-state index in [9.17, 15) is 9.59 Å². The molecule has 1 aliphatic rings. The summed E-state index contributed by atoms with van der Waals surface area (Å²) in [6.45, 7) is 5.16. The fourth-order valence-electron chi connectivity index (χ4n) is 5.87. The minimum atomic E-state index is -0.328. The Morgan fingerprint density at radius 2 is 1.79 bits per heavy atom. The Morgan fingerprint density at radius 1 is 1.00 bits per heavy atom. The summed E-state index contributed by atoms with van der Waals surface area (Å²) in [4.78, 5) is 39.8. The van der Waals surface area contributed by atoms with Crippen molar-refractivity contribution >= 4 is 51.5 Å². The SMILES string of the molecule is C=CC(=O)Nc1cc(Nc2ncc3cc(C(=O)Nc4cccc(OC)c4)n(C4CCCCC4)c3n2)c(OC)cc1N(C)CCN(C)C. The molecule has 0 aliphatic heterocycles. The van der Waals surface area contributed by atoms with Crippen molar-refractivity contribution in [1.29, 1.82) is 0 Å². The summed E-state index contributed by atoms with van der Waals surface area (Å²) in [6.07, 6.45) is 8.22. The number of methoxy groups -OCH3 is 2. The maximum Gasteiger partial charge on any atom is 0.272 e. The monoisotopic (exact) mass is 640 g/mol. The van der Waals surface area contributed by atoms with Gasteiger partial charge in [-0.2, -0.15) is 4.98 Å². The summed E-state index contributed by atoms with van der Waals surface area (Å²) < 4.78 is 13.2. The molecular weight excluding hydrogens is 596 g/mol. The second kappa shape index (κ2) is 15.0. The van der Waals surface area contributed by atoms with Crippen molar-refractivity contribution < 1.29 is 19.1 Å². The Kier molecular flexibility index (Phi) is 10.6. The molecule has 4 aromatic rings. The number of ether oxygens (including phenoxy) is 2. The van der Waals surface area contributed by atoms with Gasteiger partial charge < -0.3 is 39.8 Å². The Bertz CT molecular complexity index is 1750. The highest BCUT2D eigenvalue weighted by atomic mass is 16.5. The molecule has 47 heavy (non-hydrogen) atoms. The number of fused-ring (bicyclic) bond motifs is 1. The Morgan fingerprint density at radius 3 is 2.49 bits per heavy atom. The van der Waals surface area contributed by atoms with E-state index in [4.69, 9.17) is 14.5 Å². The first-order valence-corrected chi connectivity index (χ1v) is 15.8. The molecule has 12 heteroatoms. The minimum Gasteiger partial charge on any atom is -0.497 e. The smallest absolute Gasteiger partial charge is 0.272 e. The highest BCUT2D eigenvalue weighted by molar-refractivity contribution is 6.06. The predicted molar refractivity (Wildman–Crippen MR) is 188 cm³/mol. The van der Waals surface area contributed by atoms with Gasteiger partial charge in [0.05, 0.1) is 31.3 Å².